The Bertz CT molecular complexity index is 625. The second-order valence-corrected chi connectivity index (χ2v) is 6.16. The summed E-state index contributed by atoms with van der Waals surface area (Å²) < 4.78 is 6.62. The van der Waals surface area contributed by atoms with Crippen LogP contribution >= 0.6 is 15.9 Å². The number of methoxy groups -OCH3 is 1. The van der Waals surface area contributed by atoms with E-state index in [1.165, 1.54) is 5.56 Å². The van der Waals surface area contributed by atoms with E-state index in [1.807, 2.05) is 0 Å². The van der Waals surface area contributed by atoms with Gasteiger partial charge in [-0.25, -0.2) is 0 Å². The Hall–Kier alpha value is -1.48. The highest BCUT2D eigenvalue weighted by Crippen LogP contribution is 2.32. The number of ether oxygens (including phenoxy) is 1. The van der Waals surface area contributed by atoms with Gasteiger partial charge in [-0.15, -0.1) is 0 Å². The molecule has 0 heterocycles. The fraction of sp³-hybridized carbons (Fsp3) is 0.333. The van der Waals surface area contributed by atoms with Crippen molar-refractivity contribution in [2.24, 2.45) is 0 Å². The predicted molar refractivity (Wildman–Crippen MR) is 93.3 cm³/mol. The fourth-order valence-electron chi connectivity index (χ4n) is 2.63. The van der Waals surface area contributed by atoms with Gasteiger partial charge in [-0.05, 0) is 49.6 Å². The molecule has 0 amide bonds. The standard InChI is InChI=1S/C18H22BrNO/c1-5-16(14-7-6-8-15(19)11-14)20-17-10-9-12(2)18(21-4)13(17)3/h6-11,16,20H,5H2,1-4H3. The normalized spacial score (nSPS) is 12.0. The van der Waals surface area contributed by atoms with Crippen LogP contribution in [-0.4, -0.2) is 7.11 Å². The zero-order chi connectivity index (χ0) is 15.4. The molecule has 3 heteroatoms. The molecule has 1 N–H and O–H groups in total. The number of aryl methyl sites for hydroxylation is 1. The van der Waals surface area contributed by atoms with Gasteiger partial charge in [0.1, 0.15) is 5.75 Å². The monoisotopic (exact) mass is 347 g/mol. The van der Waals surface area contributed by atoms with Crippen LogP contribution in [0.3, 0.4) is 0 Å². The number of anilines is 1. The summed E-state index contributed by atoms with van der Waals surface area (Å²) in [5.41, 5.74) is 4.73. The minimum Gasteiger partial charge on any atom is -0.496 e. The highest BCUT2D eigenvalue weighted by Gasteiger charge is 2.13. The number of benzene rings is 2. The van der Waals surface area contributed by atoms with Gasteiger partial charge in [0.15, 0.2) is 0 Å². The summed E-state index contributed by atoms with van der Waals surface area (Å²) >= 11 is 3.54. The number of rotatable bonds is 5. The highest BCUT2D eigenvalue weighted by atomic mass is 79.9. The third-order valence-corrected chi connectivity index (χ3v) is 4.29. The lowest BCUT2D eigenvalue weighted by molar-refractivity contribution is 0.409. The average Bonchev–Trinajstić information content (AvgIpc) is 2.47. The molecule has 0 saturated carbocycles. The first-order valence-corrected chi connectivity index (χ1v) is 8.02. The number of nitrogens with one attached hydrogen (secondary N) is 1. The van der Waals surface area contributed by atoms with Crippen molar-refractivity contribution in [1.29, 1.82) is 0 Å². The van der Waals surface area contributed by atoms with Crippen molar-refractivity contribution in [2.45, 2.75) is 33.2 Å². The van der Waals surface area contributed by atoms with Gasteiger partial charge in [0.25, 0.3) is 0 Å². The lowest BCUT2D eigenvalue weighted by atomic mass is 10.0. The molecule has 1 atom stereocenters. The quantitative estimate of drug-likeness (QED) is 0.755. The van der Waals surface area contributed by atoms with Crippen molar-refractivity contribution in [3.8, 4) is 5.75 Å². The lowest BCUT2D eigenvalue weighted by Crippen LogP contribution is -2.11. The molecule has 0 radical (unpaired) electrons. The molecule has 2 aromatic carbocycles. The highest BCUT2D eigenvalue weighted by molar-refractivity contribution is 9.10. The van der Waals surface area contributed by atoms with Gasteiger partial charge in [-0.3, -0.25) is 0 Å². The zero-order valence-corrected chi connectivity index (χ0v) is 14.6. The van der Waals surface area contributed by atoms with Crippen LogP contribution in [0.5, 0.6) is 5.75 Å². The van der Waals surface area contributed by atoms with E-state index < -0.39 is 0 Å². The summed E-state index contributed by atoms with van der Waals surface area (Å²) in [6.45, 7) is 6.36. The molecule has 0 aliphatic rings. The summed E-state index contributed by atoms with van der Waals surface area (Å²) in [6.07, 6.45) is 1.02. The second kappa shape index (κ2) is 6.99. The SMILES string of the molecule is CCC(Nc1ccc(C)c(OC)c1C)c1cccc(Br)c1. The molecular formula is C18H22BrNO. The van der Waals surface area contributed by atoms with Crippen LogP contribution in [0.25, 0.3) is 0 Å². The summed E-state index contributed by atoms with van der Waals surface area (Å²) in [5.74, 6) is 0.962. The van der Waals surface area contributed by atoms with Crippen LogP contribution in [-0.2, 0) is 0 Å². The van der Waals surface area contributed by atoms with Crippen LogP contribution in [0.2, 0.25) is 0 Å². The Labute approximate surface area is 135 Å². The molecule has 2 nitrogen and oxygen atoms in total. The number of halogens is 1. The van der Waals surface area contributed by atoms with Crippen molar-refractivity contribution in [3.63, 3.8) is 0 Å². The molecular weight excluding hydrogens is 326 g/mol. The van der Waals surface area contributed by atoms with Crippen LogP contribution < -0.4 is 10.1 Å². The molecule has 0 aliphatic heterocycles. The molecule has 1 unspecified atom stereocenters. The Balaban J connectivity index is 2.31. The van der Waals surface area contributed by atoms with Crippen molar-refractivity contribution >= 4 is 21.6 Å². The maximum absolute atomic E-state index is 5.51. The van der Waals surface area contributed by atoms with Gasteiger partial charge in [0.05, 0.1) is 13.2 Å². The van der Waals surface area contributed by atoms with E-state index in [2.05, 4.69) is 78.4 Å². The summed E-state index contributed by atoms with van der Waals surface area (Å²) in [6, 6.07) is 13.0. The minimum absolute atomic E-state index is 0.286. The van der Waals surface area contributed by atoms with Crippen molar-refractivity contribution in [3.05, 3.63) is 57.6 Å². The molecule has 2 aromatic rings. The molecule has 2 rings (SSSR count). The van der Waals surface area contributed by atoms with Crippen molar-refractivity contribution in [2.75, 3.05) is 12.4 Å². The number of hydrogen-bond donors (Lipinski definition) is 1. The first-order valence-electron chi connectivity index (χ1n) is 7.23. The molecule has 0 fully saturated rings. The Morgan fingerprint density at radius 2 is 1.95 bits per heavy atom. The third kappa shape index (κ3) is 3.59. The minimum atomic E-state index is 0.286. The van der Waals surface area contributed by atoms with E-state index >= 15 is 0 Å². The topological polar surface area (TPSA) is 21.3 Å². The van der Waals surface area contributed by atoms with Crippen LogP contribution in [0.4, 0.5) is 5.69 Å². The van der Waals surface area contributed by atoms with Crippen molar-refractivity contribution in [1.82, 2.24) is 0 Å². The first-order chi connectivity index (χ1) is 10.1. The van der Waals surface area contributed by atoms with Crippen LogP contribution in [0, 0.1) is 13.8 Å². The van der Waals surface area contributed by atoms with E-state index in [9.17, 15) is 0 Å². The van der Waals surface area contributed by atoms with Crippen LogP contribution in [0.15, 0.2) is 40.9 Å². The van der Waals surface area contributed by atoms with E-state index in [4.69, 9.17) is 4.74 Å². The first kappa shape index (κ1) is 15.9. The molecule has 0 bridgehead atoms. The van der Waals surface area contributed by atoms with Gasteiger partial charge < -0.3 is 10.1 Å². The molecule has 0 spiro atoms. The summed E-state index contributed by atoms with van der Waals surface area (Å²) in [7, 11) is 1.73. The second-order valence-electron chi connectivity index (χ2n) is 5.25. The molecule has 0 aliphatic carbocycles. The lowest BCUT2D eigenvalue weighted by Gasteiger charge is -2.22. The number of hydrogen-bond acceptors (Lipinski definition) is 2. The molecule has 0 aromatic heterocycles. The summed E-state index contributed by atoms with van der Waals surface area (Å²) in [5, 5.41) is 3.64. The third-order valence-electron chi connectivity index (χ3n) is 3.80. The van der Waals surface area contributed by atoms with E-state index in [-0.39, 0.29) is 6.04 Å². The Kier molecular flexibility index (Phi) is 5.29. The van der Waals surface area contributed by atoms with Gasteiger partial charge in [0, 0.05) is 15.7 Å². The fourth-order valence-corrected chi connectivity index (χ4v) is 3.05. The van der Waals surface area contributed by atoms with Gasteiger partial charge >= 0.3 is 0 Å². The van der Waals surface area contributed by atoms with E-state index in [0.29, 0.717) is 0 Å². The van der Waals surface area contributed by atoms with Gasteiger partial charge in [0.2, 0.25) is 0 Å². The zero-order valence-electron chi connectivity index (χ0n) is 13.0. The van der Waals surface area contributed by atoms with E-state index in [0.717, 1.165) is 33.5 Å². The van der Waals surface area contributed by atoms with Gasteiger partial charge in [-0.1, -0.05) is 41.1 Å². The maximum Gasteiger partial charge on any atom is 0.126 e. The Morgan fingerprint density at radius 3 is 2.57 bits per heavy atom. The van der Waals surface area contributed by atoms with Crippen molar-refractivity contribution < 1.29 is 4.74 Å². The maximum atomic E-state index is 5.51. The molecule has 0 saturated heterocycles. The molecule has 112 valence electrons. The average molecular weight is 348 g/mol. The van der Waals surface area contributed by atoms with Crippen LogP contribution in [0.1, 0.15) is 36.1 Å². The molecule has 21 heavy (non-hydrogen) atoms. The van der Waals surface area contributed by atoms with Gasteiger partial charge in [-0.2, -0.15) is 0 Å². The van der Waals surface area contributed by atoms with E-state index in [1.54, 1.807) is 7.11 Å². The largest absolute Gasteiger partial charge is 0.496 e. The smallest absolute Gasteiger partial charge is 0.126 e. The predicted octanol–water partition coefficient (Wildman–Crippen LogP) is 5.64. The summed E-state index contributed by atoms with van der Waals surface area (Å²) in [4.78, 5) is 0. The Morgan fingerprint density at radius 1 is 1.19 bits per heavy atom.